The van der Waals surface area contributed by atoms with Crippen LogP contribution in [-0.4, -0.2) is 11.0 Å². The summed E-state index contributed by atoms with van der Waals surface area (Å²) in [7, 11) is 0. The van der Waals surface area contributed by atoms with Gasteiger partial charge >= 0.3 is 0 Å². The summed E-state index contributed by atoms with van der Waals surface area (Å²) in [6.45, 7) is 7.28. The Morgan fingerprint density at radius 3 is 2.47 bits per heavy atom. The highest BCUT2D eigenvalue weighted by molar-refractivity contribution is 5.93. The Bertz CT molecular complexity index is 383. The second kappa shape index (κ2) is 4.34. The molecule has 82 valence electrons. The van der Waals surface area contributed by atoms with E-state index >= 15 is 0 Å². The van der Waals surface area contributed by atoms with Gasteiger partial charge in [0.05, 0.1) is 0 Å². The van der Waals surface area contributed by atoms with Crippen LogP contribution in [0.2, 0.25) is 0 Å². The van der Waals surface area contributed by atoms with Crippen molar-refractivity contribution in [2.24, 2.45) is 5.92 Å². The Labute approximate surface area is 90.1 Å². The van der Waals surface area contributed by atoms with Gasteiger partial charge in [0.1, 0.15) is 5.75 Å². The number of amides is 1. The SMILES string of the molecule is Cc1ccc(NC(=O)C(C)C)c(C)c1O. The summed E-state index contributed by atoms with van der Waals surface area (Å²) in [6.07, 6.45) is 0. The first-order valence-corrected chi connectivity index (χ1v) is 5.03. The molecule has 15 heavy (non-hydrogen) atoms. The molecular weight excluding hydrogens is 190 g/mol. The van der Waals surface area contributed by atoms with Gasteiger partial charge in [0.2, 0.25) is 5.91 Å². The average molecular weight is 207 g/mol. The summed E-state index contributed by atoms with van der Waals surface area (Å²) in [5, 5.41) is 12.5. The van der Waals surface area contributed by atoms with Crippen LogP contribution < -0.4 is 5.32 Å². The number of hydrogen-bond acceptors (Lipinski definition) is 2. The Kier molecular flexibility index (Phi) is 3.35. The number of nitrogens with one attached hydrogen (secondary N) is 1. The molecule has 2 N–H and O–H groups in total. The molecule has 0 atom stereocenters. The van der Waals surface area contributed by atoms with E-state index in [4.69, 9.17) is 0 Å². The molecule has 0 aromatic heterocycles. The third-order valence-corrected chi connectivity index (χ3v) is 2.41. The first kappa shape index (κ1) is 11.6. The number of carbonyl (C=O) groups is 1. The molecule has 0 bridgehead atoms. The van der Waals surface area contributed by atoms with Crippen LogP contribution in [0, 0.1) is 19.8 Å². The summed E-state index contributed by atoms with van der Waals surface area (Å²) < 4.78 is 0. The van der Waals surface area contributed by atoms with Crippen molar-refractivity contribution in [2.45, 2.75) is 27.7 Å². The normalized spacial score (nSPS) is 10.5. The highest BCUT2D eigenvalue weighted by Crippen LogP contribution is 2.28. The van der Waals surface area contributed by atoms with E-state index in [0.29, 0.717) is 11.3 Å². The van der Waals surface area contributed by atoms with Gasteiger partial charge in [0.15, 0.2) is 0 Å². The van der Waals surface area contributed by atoms with E-state index in [0.717, 1.165) is 5.56 Å². The fourth-order valence-corrected chi connectivity index (χ4v) is 1.25. The van der Waals surface area contributed by atoms with Crippen molar-refractivity contribution >= 4 is 11.6 Å². The summed E-state index contributed by atoms with van der Waals surface area (Å²) in [4.78, 5) is 11.5. The van der Waals surface area contributed by atoms with Gasteiger partial charge in [-0.1, -0.05) is 19.9 Å². The summed E-state index contributed by atoms with van der Waals surface area (Å²) in [5.74, 6) is 0.144. The van der Waals surface area contributed by atoms with Gasteiger partial charge in [0.25, 0.3) is 0 Å². The van der Waals surface area contributed by atoms with E-state index < -0.39 is 0 Å². The zero-order valence-electron chi connectivity index (χ0n) is 9.59. The maximum atomic E-state index is 11.5. The molecule has 0 spiro atoms. The number of aromatic hydroxyl groups is 1. The van der Waals surface area contributed by atoms with Crippen LogP contribution in [0.25, 0.3) is 0 Å². The van der Waals surface area contributed by atoms with E-state index in [2.05, 4.69) is 5.32 Å². The maximum Gasteiger partial charge on any atom is 0.226 e. The van der Waals surface area contributed by atoms with Crippen molar-refractivity contribution in [3.05, 3.63) is 23.3 Å². The molecule has 0 heterocycles. The van der Waals surface area contributed by atoms with Crippen molar-refractivity contribution in [1.29, 1.82) is 0 Å². The Balaban J connectivity index is 2.97. The van der Waals surface area contributed by atoms with Gasteiger partial charge in [-0.15, -0.1) is 0 Å². The molecule has 0 fully saturated rings. The fraction of sp³-hybridized carbons (Fsp3) is 0.417. The van der Waals surface area contributed by atoms with Gasteiger partial charge in [-0.2, -0.15) is 0 Å². The predicted molar refractivity (Wildman–Crippen MR) is 61.0 cm³/mol. The zero-order chi connectivity index (χ0) is 11.6. The fourth-order valence-electron chi connectivity index (χ4n) is 1.25. The smallest absolute Gasteiger partial charge is 0.226 e. The lowest BCUT2D eigenvalue weighted by molar-refractivity contribution is -0.118. The van der Waals surface area contributed by atoms with Crippen LogP contribution in [-0.2, 0) is 4.79 Å². The minimum absolute atomic E-state index is 0.0404. The molecule has 3 heteroatoms. The lowest BCUT2D eigenvalue weighted by atomic mass is 10.1. The topological polar surface area (TPSA) is 49.3 Å². The van der Waals surface area contributed by atoms with Gasteiger partial charge < -0.3 is 10.4 Å². The van der Waals surface area contributed by atoms with E-state index in [1.165, 1.54) is 0 Å². The van der Waals surface area contributed by atoms with E-state index in [1.54, 1.807) is 13.0 Å². The number of carbonyl (C=O) groups excluding carboxylic acids is 1. The summed E-state index contributed by atoms with van der Waals surface area (Å²) in [5.41, 5.74) is 2.20. The highest BCUT2D eigenvalue weighted by Gasteiger charge is 2.11. The number of phenolic OH excluding ortho intramolecular Hbond substituents is 1. The lowest BCUT2D eigenvalue weighted by Gasteiger charge is -2.12. The van der Waals surface area contributed by atoms with Gasteiger partial charge in [-0.05, 0) is 25.5 Å². The molecule has 0 aliphatic carbocycles. The van der Waals surface area contributed by atoms with Crippen molar-refractivity contribution in [2.75, 3.05) is 5.32 Å². The second-order valence-electron chi connectivity index (χ2n) is 4.05. The Morgan fingerprint density at radius 2 is 1.93 bits per heavy atom. The largest absolute Gasteiger partial charge is 0.507 e. The van der Waals surface area contributed by atoms with Crippen LogP contribution in [0.1, 0.15) is 25.0 Å². The number of benzene rings is 1. The number of hydrogen-bond donors (Lipinski definition) is 2. The Hall–Kier alpha value is -1.51. The van der Waals surface area contributed by atoms with E-state index in [1.807, 2.05) is 26.8 Å². The van der Waals surface area contributed by atoms with Crippen molar-refractivity contribution < 1.29 is 9.90 Å². The molecule has 0 saturated heterocycles. The molecule has 0 unspecified atom stereocenters. The first-order chi connectivity index (χ1) is 6.93. The number of phenols is 1. The molecule has 1 amide bonds. The second-order valence-corrected chi connectivity index (χ2v) is 4.05. The molecular formula is C12H17NO2. The quantitative estimate of drug-likeness (QED) is 0.783. The summed E-state index contributed by atoms with van der Waals surface area (Å²) >= 11 is 0. The van der Waals surface area contributed by atoms with Crippen molar-refractivity contribution in [3.8, 4) is 5.75 Å². The average Bonchev–Trinajstić information content (AvgIpc) is 2.18. The molecule has 1 aromatic rings. The standard InChI is InChI=1S/C12H17NO2/c1-7(2)12(15)13-10-6-5-8(3)11(14)9(10)4/h5-7,14H,1-4H3,(H,13,15). The minimum Gasteiger partial charge on any atom is -0.507 e. The minimum atomic E-state index is -0.0622. The van der Waals surface area contributed by atoms with Gasteiger partial charge in [-0.25, -0.2) is 0 Å². The van der Waals surface area contributed by atoms with Gasteiger partial charge in [-0.3, -0.25) is 4.79 Å². The zero-order valence-corrected chi connectivity index (χ0v) is 9.59. The molecule has 0 radical (unpaired) electrons. The van der Waals surface area contributed by atoms with Crippen LogP contribution in [0.15, 0.2) is 12.1 Å². The van der Waals surface area contributed by atoms with Crippen LogP contribution in [0.5, 0.6) is 5.75 Å². The van der Waals surface area contributed by atoms with E-state index in [9.17, 15) is 9.90 Å². The van der Waals surface area contributed by atoms with Crippen molar-refractivity contribution in [3.63, 3.8) is 0 Å². The number of rotatable bonds is 2. The monoisotopic (exact) mass is 207 g/mol. The van der Waals surface area contributed by atoms with Crippen molar-refractivity contribution in [1.82, 2.24) is 0 Å². The number of anilines is 1. The Morgan fingerprint density at radius 1 is 1.33 bits per heavy atom. The highest BCUT2D eigenvalue weighted by atomic mass is 16.3. The molecule has 0 aliphatic rings. The molecule has 0 saturated carbocycles. The van der Waals surface area contributed by atoms with Crippen LogP contribution in [0.4, 0.5) is 5.69 Å². The maximum absolute atomic E-state index is 11.5. The summed E-state index contributed by atoms with van der Waals surface area (Å²) in [6, 6.07) is 3.60. The van der Waals surface area contributed by atoms with E-state index in [-0.39, 0.29) is 17.6 Å². The van der Waals surface area contributed by atoms with Crippen LogP contribution >= 0.6 is 0 Å². The van der Waals surface area contributed by atoms with Crippen LogP contribution in [0.3, 0.4) is 0 Å². The third kappa shape index (κ3) is 2.49. The molecule has 1 rings (SSSR count). The third-order valence-electron chi connectivity index (χ3n) is 2.41. The first-order valence-electron chi connectivity index (χ1n) is 5.03. The number of aryl methyl sites for hydroxylation is 1. The molecule has 1 aromatic carbocycles. The predicted octanol–water partition coefficient (Wildman–Crippen LogP) is 2.60. The van der Waals surface area contributed by atoms with Gasteiger partial charge in [0, 0.05) is 17.2 Å². The lowest BCUT2D eigenvalue weighted by Crippen LogP contribution is -2.18. The molecule has 0 aliphatic heterocycles. The molecule has 3 nitrogen and oxygen atoms in total.